The molecule has 2 heterocycles. The molecule has 7 nitrogen and oxygen atoms in total. The number of nitrogens with one attached hydrogen (secondary N) is 1. The molecule has 0 saturated carbocycles. The lowest BCUT2D eigenvalue weighted by Crippen LogP contribution is -2.52. The summed E-state index contributed by atoms with van der Waals surface area (Å²) in [5, 5.41) is 3.46. The number of hydrogen-bond donors (Lipinski definition) is 1. The van der Waals surface area contributed by atoms with E-state index >= 15 is 0 Å². The third-order valence-electron chi connectivity index (χ3n) is 5.70. The van der Waals surface area contributed by atoms with Gasteiger partial charge >= 0.3 is 0 Å². The first-order valence-corrected chi connectivity index (χ1v) is 11.2. The molecule has 1 aromatic heterocycles. The molecule has 0 bridgehead atoms. The van der Waals surface area contributed by atoms with Gasteiger partial charge in [0.2, 0.25) is 0 Å². The summed E-state index contributed by atoms with van der Waals surface area (Å²) in [5.41, 5.74) is 3.63. The average Bonchev–Trinajstić information content (AvgIpc) is 3.36. The van der Waals surface area contributed by atoms with Crippen LogP contribution >= 0.6 is 0 Å². The van der Waals surface area contributed by atoms with Crippen LogP contribution in [-0.4, -0.2) is 60.2 Å². The maximum atomic E-state index is 5.54. The number of nitrogens with zero attached hydrogens (tertiary/aromatic N) is 5. The summed E-state index contributed by atoms with van der Waals surface area (Å²) in [5.74, 6) is 1.91. The van der Waals surface area contributed by atoms with Gasteiger partial charge in [-0.05, 0) is 30.2 Å². The van der Waals surface area contributed by atoms with Crippen molar-refractivity contribution >= 4 is 11.6 Å². The summed E-state index contributed by atoms with van der Waals surface area (Å²) < 4.78 is 7.61. The summed E-state index contributed by atoms with van der Waals surface area (Å²) in [7, 11) is 1.73. The van der Waals surface area contributed by atoms with Gasteiger partial charge in [0.1, 0.15) is 5.75 Å². The standard InChI is InChI=1S/C25H32N6O/c1-3-27-25(28-18-21-8-10-22(11-9-21)19-29-13-12-26-20-29)31-16-14-30(15-17-31)23-6-4-5-7-24(23)32-2/h4-13,20H,3,14-19H2,1-2H3,(H,27,28). The highest BCUT2D eigenvalue weighted by molar-refractivity contribution is 5.80. The fraction of sp³-hybridized carbons (Fsp3) is 0.360. The van der Waals surface area contributed by atoms with E-state index in [1.165, 1.54) is 11.1 Å². The minimum absolute atomic E-state index is 0.667. The molecule has 0 unspecified atom stereocenters. The summed E-state index contributed by atoms with van der Waals surface area (Å²) in [6.07, 6.45) is 5.63. The molecule has 1 N–H and O–H groups in total. The zero-order valence-corrected chi connectivity index (χ0v) is 18.9. The van der Waals surface area contributed by atoms with E-state index in [-0.39, 0.29) is 0 Å². The zero-order valence-electron chi connectivity index (χ0n) is 18.9. The Labute approximate surface area is 190 Å². The molecule has 1 aliphatic heterocycles. The largest absolute Gasteiger partial charge is 0.495 e. The number of methoxy groups -OCH3 is 1. The average molecular weight is 433 g/mol. The van der Waals surface area contributed by atoms with Crippen LogP contribution in [-0.2, 0) is 13.1 Å². The van der Waals surface area contributed by atoms with Gasteiger partial charge in [0.05, 0.1) is 25.7 Å². The quantitative estimate of drug-likeness (QED) is 0.459. The SMILES string of the molecule is CCNC(=NCc1ccc(Cn2ccnc2)cc1)N1CCN(c2ccccc2OC)CC1. The van der Waals surface area contributed by atoms with E-state index in [1.807, 2.05) is 30.9 Å². The maximum absolute atomic E-state index is 5.54. The third kappa shape index (κ3) is 5.41. The topological polar surface area (TPSA) is 57.9 Å². The highest BCUT2D eigenvalue weighted by atomic mass is 16.5. The van der Waals surface area contributed by atoms with Crippen molar-refractivity contribution in [1.29, 1.82) is 0 Å². The van der Waals surface area contributed by atoms with Gasteiger partial charge in [0.25, 0.3) is 0 Å². The molecular weight excluding hydrogens is 400 g/mol. The lowest BCUT2D eigenvalue weighted by molar-refractivity contribution is 0.367. The van der Waals surface area contributed by atoms with Crippen LogP contribution in [0.15, 0.2) is 72.2 Å². The predicted octanol–water partition coefficient (Wildman–Crippen LogP) is 3.23. The van der Waals surface area contributed by atoms with Crippen molar-refractivity contribution in [2.45, 2.75) is 20.0 Å². The highest BCUT2D eigenvalue weighted by Crippen LogP contribution is 2.28. The Hall–Kier alpha value is -3.48. The number of aliphatic imine (C=N–C) groups is 1. The molecule has 32 heavy (non-hydrogen) atoms. The van der Waals surface area contributed by atoms with E-state index in [0.717, 1.165) is 56.7 Å². The van der Waals surface area contributed by atoms with Gasteiger partial charge in [-0.15, -0.1) is 0 Å². The number of benzene rings is 2. The number of aromatic nitrogens is 2. The molecule has 7 heteroatoms. The van der Waals surface area contributed by atoms with Crippen molar-refractivity contribution in [3.8, 4) is 5.75 Å². The Morgan fingerprint density at radius 3 is 2.47 bits per heavy atom. The van der Waals surface area contributed by atoms with E-state index in [9.17, 15) is 0 Å². The predicted molar refractivity (Wildman–Crippen MR) is 129 cm³/mol. The van der Waals surface area contributed by atoms with Crippen molar-refractivity contribution in [3.63, 3.8) is 0 Å². The molecule has 1 fully saturated rings. The number of piperazine rings is 1. The number of para-hydroxylation sites is 2. The third-order valence-corrected chi connectivity index (χ3v) is 5.70. The van der Waals surface area contributed by atoms with Gasteiger partial charge < -0.3 is 24.4 Å². The Morgan fingerprint density at radius 1 is 1.03 bits per heavy atom. The molecule has 1 aliphatic rings. The fourth-order valence-electron chi connectivity index (χ4n) is 3.98. The van der Waals surface area contributed by atoms with Crippen LogP contribution in [0.25, 0.3) is 0 Å². The van der Waals surface area contributed by atoms with Gasteiger partial charge in [-0.1, -0.05) is 36.4 Å². The first-order chi connectivity index (χ1) is 15.8. The van der Waals surface area contributed by atoms with Crippen molar-refractivity contribution in [2.24, 2.45) is 4.99 Å². The number of hydrogen-bond acceptors (Lipinski definition) is 4. The fourth-order valence-corrected chi connectivity index (χ4v) is 3.98. The number of ether oxygens (including phenoxy) is 1. The molecule has 2 aromatic carbocycles. The minimum atomic E-state index is 0.667. The van der Waals surface area contributed by atoms with Crippen molar-refractivity contribution in [2.75, 3.05) is 44.7 Å². The van der Waals surface area contributed by atoms with Crippen LogP contribution in [0.3, 0.4) is 0 Å². The second kappa shape index (κ2) is 10.7. The highest BCUT2D eigenvalue weighted by Gasteiger charge is 2.21. The molecule has 3 aromatic rings. The molecule has 168 valence electrons. The molecule has 0 spiro atoms. The molecular formula is C25H32N6O. The monoisotopic (exact) mass is 432 g/mol. The van der Waals surface area contributed by atoms with E-state index in [1.54, 1.807) is 7.11 Å². The second-order valence-electron chi connectivity index (χ2n) is 7.87. The normalized spacial score (nSPS) is 14.5. The van der Waals surface area contributed by atoms with Gasteiger partial charge in [-0.25, -0.2) is 9.98 Å². The first-order valence-electron chi connectivity index (χ1n) is 11.2. The van der Waals surface area contributed by atoms with Crippen LogP contribution in [0, 0.1) is 0 Å². The molecule has 4 rings (SSSR count). The van der Waals surface area contributed by atoms with Crippen LogP contribution in [0.5, 0.6) is 5.75 Å². The lowest BCUT2D eigenvalue weighted by atomic mass is 10.1. The van der Waals surface area contributed by atoms with Gasteiger partial charge in [0.15, 0.2) is 5.96 Å². The van der Waals surface area contributed by atoms with E-state index in [4.69, 9.17) is 9.73 Å². The van der Waals surface area contributed by atoms with Gasteiger partial charge in [-0.2, -0.15) is 0 Å². The summed E-state index contributed by atoms with van der Waals surface area (Å²) in [6.45, 7) is 8.20. The molecule has 0 aliphatic carbocycles. The first kappa shape index (κ1) is 21.7. The smallest absolute Gasteiger partial charge is 0.194 e. The molecule has 0 radical (unpaired) electrons. The van der Waals surface area contributed by atoms with Crippen molar-refractivity contribution in [1.82, 2.24) is 19.8 Å². The van der Waals surface area contributed by atoms with Gasteiger partial charge in [-0.3, -0.25) is 0 Å². The Balaban J connectivity index is 1.36. The summed E-state index contributed by atoms with van der Waals surface area (Å²) in [6, 6.07) is 16.9. The Morgan fingerprint density at radius 2 is 1.78 bits per heavy atom. The minimum Gasteiger partial charge on any atom is -0.495 e. The summed E-state index contributed by atoms with van der Waals surface area (Å²) >= 11 is 0. The van der Waals surface area contributed by atoms with Crippen LogP contribution in [0.4, 0.5) is 5.69 Å². The zero-order chi connectivity index (χ0) is 22.2. The van der Waals surface area contributed by atoms with Crippen molar-refractivity contribution in [3.05, 3.63) is 78.4 Å². The molecule has 0 atom stereocenters. The molecule has 0 amide bonds. The Bertz CT molecular complexity index is 992. The number of guanidine groups is 1. The second-order valence-corrected chi connectivity index (χ2v) is 7.87. The lowest BCUT2D eigenvalue weighted by Gasteiger charge is -2.38. The van der Waals surface area contributed by atoms with Gasteiger partial charge in [0, 0.05) is 51.7 Å². The van der Waals surface area contributed by atoms with E-state index in [2.05, 4.69) is 68.0 Å². The summed E-state index contributed by atoms with van der Waals surface area (Å²) in [4.78, 5) is 13.8. The maximum Gasteiger partial charge on any atom is 0.194 e. The molecule has 1 saturated heterocycles. The van der Waals surface area contributed by atoms with Crippen LogP contribution in [0.1, 0.15) is 18.1 Å². The van der Waals surface area contributed by atoms with E-state index in [0.29, 0.717) is 6.54 Å². The number of anilines is 1. The number of imidazole rings is 1. The number of rotatable bonds is 7. The van der Waals surface area contributed by atoms with Crippen molar-refractivity contribution < 1.29 is 4.74 Å². The van der Waals surface area contributed by atoms with Crippen LogP contribution < -0.4 is 15.0 Å². The Kier molecular flexibility index (Phi) is 7.27. The van der Waals surface area contributed by atoms with Crippen LogP contribution in [0.2, 0.25) is 0 Å². The van der Waals surface area contributed by atoms with E-state index < -0.39 is 0 Å².